The van der Waals surface area contributed by atoms with Crippen LogP contribution in [0.1, 0.15) is 10.4 Å². The number of benzene rings is 6. The summed E-state index contributed by atoms with van der Waals surface area (Å²) in [6, 6.07) is 49.2. The summed E-state index contributed by atoms with van der Waals surface area (Å²) in [7, 11) is -2.01. The summed E-state index contributed by atoms with van der Waals surface area (Å²) in [5.41, 5.74) is 11.2. The number of nitrogens with zero attached hydrogens (tertiary/aromatic N) is 2. The van der Waals surface area contributed by atoms with Crippen molar-refractivity contribution >= 4 is 84.8 Å². The van der Waals surface area contributed by atoms with Crippen LogP contribution < -0.4 is 15.3 Å². The summed E-state index contributed by atoms with van der Waals surface area (Å²) in [5, 5.41) is 6.92. The quantitative estimate of drug-likeness (QED) is 0.127. The van der Waals surface area contributed by atoms with Gasteiger partial charge in [-0.25, -0.2) is 0 Å². The first-order valence-corrected chi connectivity index (χ1v) is 20.7. The molecular formula is C45H36N2SSi. The number of anilines is 3. The summed E-state index contributed by atoms with van der Waals surface area (Å²) in [5.74, 6) is 0. The summed E-state index contributed by atoms with van der Waals surface area (Å²) in [4.78, 5) is 3.79. The monoisotopic (exact) mass is 664 g/mol. The van der Waals surface area contributed by atoms with Gasteiger partial charge in [0.1, 0.15) is 8.07 Å². The lowest BCUT2D eigenvalue weighted by molar-refractivity contribution is 1.18. The number of aryl methyl sites for hydroxylation is 1. The largest absolute Gasteiger partial charge is 0.310 e. The summed E-state index contributed by atoms with van der Waals surface area (Å²) < 4.78 is 3.74. The summed E-state index contributed by atoms with van der Waals surface area (Å²) >= 11 is 1.89. The molecule has 0 aliphatic carbocycles. The van der Waals surface area contributed by atoms with Crippen LogP contribution in [0.15, 0.2) is 152 Å². The summed E-state index contributed by atoms with van der Waals surface area (Å²) in [6.07, 6.45) is 6.19. The van der Waals surface area contributed by atoms with Crippen molar-refractivity contribution in [2.75, 3.05) is 4.90 Å². The molecule has 2 aromatic heterocycles. The van der Waals surface area contributed by atoms with E-state index in [1.807, 2.05) is 17.4 Å². The third-order valence-corrected chi connectivity index (χ3v) is 14.9. The molecule has 0 radical (unpaired) electrons. The van der Waals surface area contributed by atoms with Crippen LogP contribution in [0.25, 0.3) is 54.8 Å². The highest BCUT2D eigenvalue weighted by Crippen LogP contribution is 2.44. The van der Waals surface area contributed by atoms with E-state index in [9.17, 15) is 0 Å². The number of hydrogen-bond donors (Lipinski definition) is 0. The maximum Gasteiger partial charge on any atom is 0.113 e. The highest BCUT2D eigenvalue weighted by molar-refractivity contribution is 7.19. The molecule has 49 heavy (non-hydrogen) atoms. The molecule has 0 bridgehead atoms. The van der Waals surface area contributed by atoms with E-state index in [1.54, 1.807) is 0 Å². The predicted octanol–water partition coefficient (Wildman–Crippen LogP) is 11.8. The maximum atomic E-state index is 3.94. The minimum Gasteiger partial charge on any atom is -0.310 e. The van der Waals surface area contributed by atoms with Crippen molar-refractivity contribution < 1.29 is 0 Å². The molecular weight excluding hydrogens is 629 g/mol. The van der Waals surface area contributed by atoms with Crippen molar-refractivity contribution in [1.29, 1.82) is 0 Å². The SMILES string of the molecule is C=C/C=C\c1c(C)sc2ccc3c(c12)-c1ccc(N(c2ccccc2)c2ccc4c(c2)c2ccccc2n4-c2ccccc2)cc1[Si]3(C)C. The van der Waals surface area contributed by atoms with Crippen LogP contribution in [0.3, 0.4) is 0 Å². The van der Waals surface area contributed by atoms with Gasteiger partial charge in [0.05, 0.1) is 11.0 Å². The van der Waals surface area contributed by atoms with Crippen LogP contribution in [-0.2, 0) is 0 Å². The average Bonchev–Trinajstić information content (AvgIpc) is 3.72. The van der Waals surface area contributed by atoms with Gasteiger partial charge >= 0.3 is 0 Å². The number of allylic oxidation sites excluding steroid dienone is 2. The Morgan fingerprint density at radius 2 is 1.37 bits per heavy atom. The van der Waals surface area contributed by atoms with E-state index in [-0.39, 0.29) is 0 Å². The Bertz CT molecular complexity index is 2610. The normalized spacial score (nSPS) is 13.4. The van der Waals surface area contributed by atoms with Gasteiger partial charge in [-0.1, -0.05) is 105 Å². The first-order chi connectivity index (χ1) is 24.0. The first-order valence-electron chi connectivity index (χ1n) is 16.9. The second-order valence-corrected chi connectivity index (χ2v) is 19.0. The Morgan fingerprint density at radius 3 is 2.16 bits per heavy atom. The van der Waals surface area contributed by atoms with Crippen LogP contribution in [0, 0.1) is 6.92 Å². The van der Waals surface area contributed by atoms with Gasteiger partial charge in [-0.15, -0.1) is 11.3 Å². The smallest absolute Gasteiger partial charge is 0.113 e. The van der Waals surface area contributed by atoms with Gasteiger partial charge in [-0.2, -0.15) is 0 Å². The van der Waals surface area contributed by atoms with Crippen LogP contribution in [0.4, 0.5) is 17.1 Å². The van der Waals surface area contributed by atoms with E-state index in [2.05, 4.69) is 182 Å². The zero-order valence-corrected chi connectivity index (χ0v) is 29.8. The lowest BCUT2D eigenvalue weighted by Gasteiger charge is -2.27. The predicted molar refractivity (Wildman–Crippen MR) is 217 cm³/mol. The van der Waals surface area contributed by atoms with Crippen molar-refractivity contribution in [2.45, 2.75) is 20.0 Å². The number of aromatic nitrogens is 1. The van der Waals surface area contributed by atoms with Crippen LogP contribution in [0.5, 0.6) is 0 Å². The van der Waals surface area contributed by atoms with Gasteiger partial charge < -0.3 is 9.47 Å². The van der Waals surface area contributed by atoms with Gasteiger partial charge in [0.2, 0.25) is 0 Å². The molecule has 0 unspecified atom stereocenters. The number of para-hydroxylation sites is 3. The van der Waals surface area contributed by atoms with Gasteiger partial charge in [0, 0.05) is 48.5 Å². The Labute approximate surface area is 292 Å². The average molecular weight is 665 g/mol. The zero-order chi connectivity index (χ0) is 33.3. The summed E-state index contributed by atoms with van der Waals surface area (Å²) in [6.45, 7) is 11.2. The maximum absolute atomic E-state index is 3.94. The molecule has 236 valence electrons. The van der Waals surface area contributed by atoms with E-state index in [0.717, 1.165) is 11.4 Å². The Morgan fingerprint density at radius 1 is 0.673 bits per heavy atom. The molecule has 2 nitrogen and oxygen atoms in total. The Hall–Kier alpha value is -5.42. The minimum absolute atomic E-state index is 1.15. The number of hydrogen-bond acceptors (Lipinski definition) is 2. The molecule has 1 aliphatic rings. The minimum atomic E-state index is -2.01. The van der Waals surface area contributed by atoms with Gasteiger partial charge in [-0.3, -0.25) is 0 Å². The van der Waals surface area contributed by atoms with Gasteiger partial charge in [0.15, 0.2) is 0 Å². The molecule has 6 aromatic carbocycles. The number of rotatable bonds is 6. The zero-order valence-electron chi connectivity index (χ0n) is 27.9. The molecule has 9 rings (SSSR count). The molecule has 1 aliphatic heterocycles. The van der Waals surface area contributed by atoms with E-state index < -0.39 is 8.07 Å². The molecule has 0 saturated carbocycles. The molecule has 3 heterocycles. The van der Waals surface area contributed by atoms with E-state index in [0.29, 0.717) is 0 Å². The fourth-order valence-corrected chi connectivity index (χ4v) is 12.2. The van der Waals surface area contributed by atoms with Crippen LogP contribution in [0.2, 0.25) is 13.1 Å². The molecule has 4 heteroatoms. The second kappa shape index (κ2) is 11.3. The van der Waals surface area contributed by atoms with E-state index >= 15 is 0 Å². The molecule has 0 atom stereocenters. The highest BCUT2D eigenvalue weighted by Gasteiger charge is 2.39. The topological polar surface area (TPSA) is 8.17 Å². The molecule has 8 aromatic rings. The number of thiophene rings is 1. The lowest BCUT2D eigenvalue weighted by Crippen LogP contribution is -2.49. The van der Waals surface area contributed by atoms with Gasteiger partial charge in [0.25, 0.3) is 0 Å². The van der Waals surface area contributed by atoms with Crippen LogP contribution in [-0.4, -0.2) is 12.6 Å². The Balaban J connectivity index is 1.25. The molecule has 0 fully saturated rings. The molecule has 0 amide bonds. The lowest BCUT2D eigenvalue weighted by atomic mass is 9.97. The van der Waals surface area contributed by atoms with Gasteiger partial charge in [-0.05, 0) is 101 Å². The number of fused-ring (bicyclic) bond motifs is 8. The fraction of sp³-hybridized carbons (Fsp3) is 0.0667. The van der Waals surface area contributed by atoms with Crippen LogP contribution >= 0.6 is 11.3 Å². The highest BCUT2D eigenvalue weighted by atomic mass is 32.1. The van der Waals surface area contributed by atoms with Crippen molar-refractivity contribution in [2.24, 2.45) is 0 Å². The van der Waals surface area contributed by atoms with Crippen molar-refractivity contribution in [3.63, 3.8) is 0 Å². The van der Waals surface area contributed by atoms with Crippen molar-refractivity contribution in [3.05, 3.63) is 163 Å². The first kappa shape index (κ1) is 29.7. The van der Waals surface area contributed by atoms with E-state index in [4.69, 9.17) is 0 Å². The third-order valence-electron chi connectivity index (χ3n) is 10.3. The van der Waals surface area contributed by atoms with Crippen molar-refractivity contribution in [3.8, 4) is 16.8 Å². The van der Waals surface area contributed by atoms with Crippen molar-refractivity contribution in [1.82, 2.24) is 4.57 Å². The second-order valence-electron chi connectivity index (χ2n) is 13.4. The third kappa shape index (κ3) is 4.52. The standard InChI is InChI=1S/C45H36N2SSi/c1-5-6-19-35-30(2)48-41-26-27-42-45(44(35)41)37-24-22-34(29-43(37)49(42,3)4)46(31-15-9-7-10-16-31)33-23-25-40-38(28-33)36-20-13-14-21-39(36)47(40)32-17-11-8-12-18-32/h5-29H,1H2,2-4H3/b19-6-. The molecule has 0 spiro atoms. The molecule has 0 N–H and O–H groups in total. The Kier molecular flexibility index (Phi) is 6.87. The molecule has 0 saturated heterocycles. The fourth-order valence-electron chi connectivity index (χ4n) is 8.03. The van der Waals surface area contributed by atoms with E-state index in [1.165, 1.54) is 75.2 Å².